The Morgan fingerprint density at radius 2 is 2.08 bits per heavy atom. The van der Waals surface area contributed by atoms with Gasteiger partial charge in [-0.25, -0.2) is 4.98 Å². The van der Waals surface area contributed by atoms with Crippen LogP contribution >= 0.6 is 27.3 Å². The summed E-state index contributed by atoms with van der Waals surface area (Å²) in [5.74, 6) is 0.179. The summed E-state index contributed by atoms with van der Waals surface area (Å²) in [4.78, 5) is 18.8. The number of halogens is 1. The average Bonchev–Trinajstić information content (AvgIpc) is 3.18. The molecule has 2 heterocycles. The quantitative estimate of drug-likeness (QED) is 0.481. The summed E-state index contributed by atoms with van der Waals surface area (Å²) in [6, 6.07) is 15.5. The summed E-state index contributed by atoms with van der Waals surface area (Å²) in [5, 5.41) is 1.81. The number of rotatable bonds is 3. The van der Waals surface area contributed by atoms with Crippen LogP contribution in [0.2, 0.25) is 0 Å². The van der Waals surface area contributed by atoms with Crippen molar-refractivity contribution >= 4 is 54.4 Å². The summed E-state index contributed by atoms with van der Waals surface area (Å²) in [6.45, 7) is 0.455. The maximum Gasteiger partial charge on any atom is 0.289 e. The number of para-hydroxylation sites is 2. The smallest absolute Gasteiger partial charge is 0.289 e. The van der Waals surface area contributed by atoms with Crippen molar-refractivity contribution in [3.05, 3.63) is 63.8 Å². The normalized spacial score (nSPS) is 11.2. The molecule has 24 heavy (non-hydrogen) atoms. The van der Waals surface area contributed by atoms with E-state index >= 15 is 0 Å². The molecule has 0 saturated heterocycles. The molecule has 1 amide bonds. The fourth-order valence-corrected chi connectivity index (χ4v) is 4.07. The van der Waals surface area contributed by atoms with E-state index in [0.29, 0.717) is 17.9 Å². The van der Waals surface area contributed by atoms with E-state index in [0.717, 1.165) is 25.1 Å². The van der Waals surface area contributed by atoms with Crippen LogP contribution in [0, 0.1) is 0 Å². The standard InChI is InChI=1S/C18H13BrN2O2S/c1-21(10-16-20-13-7-2-3-8-15(13)24-16)18(22)14-9-11-5-4-6-12(19)17(11)23-14/h2-9H,10H2,1H3. The van der Waals surface area contributed by atoms with E-state index in [1.54, 1.807) is 29.4 Å². The van der Waals surface area contributed by atoms with Gasteiger partial charge in [0.15, 0.2) is 5.76 Å². The average molecular weight is 401 g/mol. The van der Waals surface area contributed by atoms with Gasteiger partial charge in [0.05, 0.1) is 21.2 Å². The zero-order valence-electron chi connectivity index (χ0n) is 12.8. The SMILES string of the molecule is CN(Cc1nc2ccccc2s1)C(=O)c1cc2cccc(Br)c2o1. The number of nitrogens with zero attached hydrogens (tertiary/aromatic N) is 2. The number of amides is 1. The molecule has 0 fully saturated rings. The lowest BCUT2D eigenvalue weighted by molar-refractivity contribution is 0.0756. The van der Waals surface area contributed by atoms with Crippen molar-refractivity contribution < 1.29 is 9.21 Å². The van der Waals surface area contributed by atoms with Gasteiger partial charge in [0.1, 0.15) is 10.6 Å². The van der Waals surface area contributed by atoms with E-state index in [9.17, 15) is 4.79 Å². The fraction of sp³-hybridized carbons (Fsp3) is 0.111. The van der Waals surface area contributed by atoms with Crippen LogP contribution in [-0.2, 0) is 6.54 Å². The molecular weight excluding hydrogens is 388 g/mol. The number of furan rings is 1. The van der Waals surface area contributed by atoms with Crippen molar-refractivity contribution in [3.8, 4) is 0 Å². The molecule has 0 atom stereocenters. The molecule has 0 radical (unpaired) electrons. The van der Waals surface area contributed by atoms with E-state index in [-0.39, 0.29) is 5.91 Å². The first-order chi connectivity index (χ1) is 11.6. The molecule has 0 N–H and O–H groups in total. The molecule has 0 bridgehead atoms. The predicted molar refractivity (Wildman–Crippen MR) is 99.3 cm³/mol. The first-order valence-electron chi connectivity index (χ1n) is 7.40. The largest absolute Gasteiger partial charge is 0.450 e. The minimum absolute atomic E-state index is 0.155. The van der Waals surface area contributed by atoms with Gasteiger partial charge in [0.25, 0.3) is 5.91 Å². The van der Waals surface area contributed by atoms with Crippen LogP contribution in [0.5, 0.6) is 0 Å². The molecule has 4 aromatic rings. The third-order valence-electron chi connectivity index (χ3n) is 3.76. The highest BCUT2D eigenvalue weighted by Gasteiger charge is 2.19. The number of benzene rings is 2. The van der Waals surface area contributed by atoms with Crippen LogP contribution in [0.15, 0.2) is 57.4 Å². The second-order valence-electron chi connectivity index (χ2n) is 5.51. The molecule has 6 heteroatoms. The van der Waals surface area contributed by atoms with Crippen LogP contribution in [0.1, 0.15) is 15.6 Å². The third kappa shape index (κ3) is 2.72. The van der Waals surface area contributed by atoms with Gasteiger partial charge in [0.2, 0.25) is 0 Å². The number of hydrogen-bond acceptors (Lipinski definition) is 4. The number of hydrogen-bond donors (Lipinski definition) is 0. The molecule has 4 rings (SSSR count). The van der Waals surface area contributed by atoms with Gasteiger partial charge in [-0.2, -0.15) is 0 Å². The fourth-order valence-electron chi connectivity index (χ4n) is 2.58. The molecule has 2 aromatic carbocycles. The highest BCUT2D eigenvalue weighted by Crippen LogP contribution is 2.28. The first kappa shape index (κ1) is 15.4. The van der Waals surface area contributed by atoms with Crippen molar-refractivity contribution in [2.24, 2.45) is 0 Å². The molecule has 0 aliphatic heterocycles. The summed E-state index contributed by atoms with van der Waals surface area (Å²) in [7, 11) is 1.76. The molecule has 0 saturated carbocycles. The lowest BCUT2D eigenvalue weighted by Gasteiger charge is -2.13. The Hall–Kier alpha value is -2.18. The maximum atomic E-state index is 12.6. The van der Waals surface area contributed by atoms with Crippen molar-refractivity contribution in [2.45, 2.75) is 6.54 Å². The maximum absolute atomic E-state index is 12.6. The zero-order valence-corrected chi connectivity index (χ0v) is 15.2. The molecular formula is C18H13BrN2O2S. The van der Waals surface area contributed by atoms with Crippen LogP contribution in [0.25, 0.3) is 21.2 Å². The Bertz CT molecular complexity index is 1020. The lowest BCUT2D eigenvalue weighted by atomic mass is 10.2. The first-order valence-corrected chi connectivity index (χ1v) is 9.01. The van der Waals surface area contributed by atoms with E-state index in [4.69, 9.17) is 4.42 Å². The van der Waals surface area contributed by atoms with E-state index in [1.165, 1.54) is 0 Å². The number of carbonyl (C=O) groups is 1. The second kappa shape index (κ2) is 6.03. The van der Waals surface area contributed by atoms with Gasteiger partial charge in [-0.15, -0.1) is 11.3 Å². The summed E-state index contributed by atoms with van der Waals surface area (Å²) < 4.78 is 7.69. The molecule has 4 nitrogen and oxygen atoms in total. The molecule has 0 unspecified atom stereocenters. The second-order valence-corrected chi connectivity index (χ2v) is 7.47. The lowest BCUT2D eigenvalue weighted by Crippen LogP contribution is -2.25. The van der Waals surface area contributed by atoms with E-state index in [2.05, 4.69) is 20.9 Å². The number of aromatic nitrogens is 1. The van der Waals surface area contributed by atoms with Crippen LogP contribution < -0.4 is 0 Å². The van der Waals surface area contributed by atoms with Gasteiger partial charge in [-0.3, -0.25) is 4.79 Å². The van der Waals surface area contributed by atoms with Gasteiger partial charge in [-0.1, -0.05) is 24.3 Å². The molecule has 120 valence electrons. The minimum atomic E-state index is -0.155. The van der Waals surface area contributed by atoms with Crippen molar-refractivity contribution in [2.75, 3.05) is 7.05 Å². The molecule has 2 aromatic heterocycles. The van der Waals surface area contributed by atoms with Crippen LogP contribution in [-0.4, -0.2) is 22.8 Å². The van der Waals surface area contributed by atoms with Crippen LogP contribution in [0.4, 0.5) is 0 Å². The van der Waals surface area contributed by atoms with Crippen molar-refractivity contribution in [1.29, 1.82) is 0 Å². The summed E-state index contributed by atoms with van der Waals surface area (Å²) in [6.07, 6.45) is 0. The van der Waals surface area contributed by atoms with E-state index < -0.39 is 0 Å². The van der Waals surface area contributed by atoms with Crippen molar-refractivity contribution in [3.63, 3.8) is 0 Å². The van der Waals surface area contributed by atoms with Crippen LogP contribution in [0.3, 0.4) is 0 Å². The van der Waals surface area contributed by atoms with Gasteiger partial charge >= 0.3 is 0 Å². The Kier molecular flexibility index (Phi) is 3.86. The summed E-state index contributed by atoms with van der Waals surface area (Å²) >= 11 is 5.05. The minimum Gasteiger partial charge on any atom is -0.450 e. The Balaban J connectivity index is 1.59. The highest BCUT2D eigenvalue weighted by atomic mass is 79.9. The van der Waals surface area contributed by atoms with Gasteiger partial charge in [-0.05, 0) is 40.2 Å². The monoisotopic (exact) mass is 400 g/mol. The van der Waals surface area contributed by atoms with E-state index in [1.807, 2.05) is 42.5 Å². The van der Waals surface area contributed by atoms with Gasteiger partial charge < -0.3 is 9.32 Å². The molecule has 0 aliphatic carbocycles. The van der Waals surface area contributed by atoms with Gasteiger partial charge in [0, 0.05) is 12.4 Å². The summed E-state index contributed by atoms with van der Waals surface area (Å²) in [5.41, 5.74) is 1.65. The third-order valence-corrected chi connectivity index (χ3v) is 5.41. The molecule has 0 aliphatic rings. The Morgan fingerprint density at radius 1 is 1.25 bits per heavy atom. The molecule has 0 spiro atoms. The zero-order chi connectivity index (χ0) is 16.7. The number of fused-ring (bicyclic) bond motifs is 2. The number of thiazole rings is 1. The Morgan fingerprint density at radius 3 is 2.88 bits per heavy atom. The highest BCUT2D eigenvalue weighted by molar-refractivity contribution is 9.10. The Labute approximate surface area is 150 Å². The predicted octanol–water partition coefficient (Wildman–Crippen LogP) is 5.08. The number of carbonyl (C=O) groups excluding carboxylic acids is 1. The van der Waals surface area contributed by atoms with Crippen molar-refractivity contribution in [1.82, 2.24) is 9.88 Å². The topological polar surface area (TPSA) is 46.3 Å².